The van der Waals surface area contributed by atoms with Crippen LogP contribution in [0.5, 0.6) is 0 Å². The van der Waals surface area contributed by atoms with Gasteiger partial charge >= 0.3 is 5.97 Å². The molecular formula is C24H47N11O6S. The third-order valence-corrected chi connectivity index (χ3v) is 6.13. The predicted octanol–water partition coefficient (Wildman–Crippen LogP) is -3.56. The highest BCUT2D eigenvalue weighted by atomic mass is 32.1. The molecule has 0 radical (unpaired) electrons. The second kappa shape index (κ2) is 20.1. The number of carbonyl (C=O) groups excluding carboxylic acids is 4. The van der Waals surface area contributed by atoms with E-state index in [9.17, 15) is 24.0 Å². The largest absolute Gasteiger partial charge is 0.480 e. The molecule has 0 aliphatic carbocycles. The quantitative estimate of drug-likeness (QED) is 0.0275. The zero-order valence-corrected chi connectivity index (χ0v) is 25.2. The Hall–Kier alpha value is -3.80. The molecule has 18 heteroatoms. The van der Waals surface area contributed by atoms with Gasteiger partial charge in [-0.25, -0.2) is 4.79 Å². The number of carboxylic acids is 1. The molecule has 0 unspecified atom stereocenters. The normalized spacial score (nSPS) is 14.3. The number of hydrogen-bond acceptors (Lipinski definition) is 9. The van der Waals surface area contributed by atoms with E-state index in [0.717, 1.165) is 0 Å². The van der Waals surface area contributed by atoms with Crippen molar-refractivity contribution in [3.8, 4) is 0 Å². The van der Waals surface area contributed by atoms with Gasteiger partial charge in [0.1, 0.15) is 24.2 Å². The monoisotopic (exact) mass is 617 g/mol. The molecule has 0 aromatic heterocycles. The number of carbonyl (C=O) groups is 5. The number of rotatable bonds is 20. The maximum atomic E-state index is 13.3. The van der Waals surface area contributed by atoms with Crippen LogP contribution in [0.25, 0.3) is 0 Å². The van der Waals surface area contributed by atoms with E-state index in [2.05, 4.69) is 43.9 Å². The highest BCUT2D eigenvalue weighted by Crippen LogP contribution is 2.07. The minimum Gasteiger partial charge on any atom is -0.480 e. The summed E-state index contributed by atoms with van der Waals surface area (Å²) < 4.78 is 0. The van der Waals surface area contributed by atoms with Crippen molar-refractivity contribution in [1.82, 2.24) is 21.3 Å². The van der Waals surface area contributed by atoms with Crippen LogP contribution in [0, 0.1) is 5.92 Å². The van der Waals surface area contributed by atoms with E-state index in [1.807, 2.05) is 13.8 Å². The molecule has 0 aromatic rings. The second-order valence-corrected chi connectivity index (χ2v) is 10.4. The van der Waals surface area contributed by atoms with Crippen molar-refractivity contribution in [2.24, 2.45) is 44.6 Å². The van der Waals surface area contributed by atoms with Gasteiger partial charge in [0.05, 0.1) is 6.04 Å². The number of nitrogens with zero attached hydrogens (tertiary/aromatic N) is 2. The van der Waals surface area contributed by atoms with Gasteiger partial charge in [-0.2, -0.15) is 12.6 Å². The summed E-state index contributed by atoms with van der Waals surface area (Å²) in [5.74, 6) is -4.30. The summed E-state index contributed by atoms with van der Waals surface area (Å²) in [7, 11) is 0. The fourth-order valence-corrected chi connectivity index (χ4v) is 3.82. The maximum absolute atomic E-state index is 13.3. The van der Waals surface area contributed by atoms with E-state index in [1.165, 1.54) is 6.92 Å². The molecular weight excluding hydrogens is 570 g/mol. The van der Waals surface area contributed by atoms with Crippen LogP contribution >= 0.6 is 12.6 Å². The lowest BCUT2D eigenvalue weighted by Crippen LogP contribution is -2.58. The maximum Gasteiger partial charge on any atom is 0.327 e. The Balaban J connectivity index is 5.77. The molecule has 15 N–H and O–H groups in total. The first-order chi connectivity index (χ1) is 19.6. The number of carboxylic acid groups (broad SMARTS) is 1. The van der Waals surface area contributed by atoms with Crippen LogP contribution in [0.15, 0.2) is 9.98 Å². The summed E-state index contributed by atoms with van der Waals surface area (Å²) in [6.45, 7) is 5.51. The van der Waals surface area contributed by atoms with E-state index in [1.54, 1.807) is 0 Å². The molecule has 5 atom stereocenters. The van der Waals surface area contributed by atoms with E-state index < -0.39 is 59.8 Å². The van der Waals surface area contributed by atoms with Gasteiger partial charge in [-0.3, -0.25) is 29.2 Å². The first-order valence-electron chi connectivity index (χ1n) is 13.5. The summed E-state index contributed by atoms with van der Waals surface area (Å²) >= 11 is 3.90. The van der Waals surface area contributed by atoms with Crippen molar-refractivity contribution in [3.05, 3.63) is 0 Å². The number of nitrogens with two attached hydrogens (primary N) is 5. The molecule has 0 fully saturated rings. The van der Waals surface area contributed by atoms with Crippen LogP contribution in [0.2, 0.25) is 0 Å². The summed E-state index contributed by atoms with van der Waals surface area (Å²) in [4.78, 5) is 70.6. The number of aliphatic imine (C=N–C) groups is 2. The fraction of sp³-hybridized carbons (Fsp3) is 0.708. The lowest BCUT2D eigenvalue weighted by molar-refractivity contribution is -0.141. The minimum atomic E-state index is -1.29. The smallest absolute Gasteiger partial charge is 0.327 e. The summed E-state index contributed by atoms with van der Waals surface area (Å²) in [6, 6.07) is -5.52. The molecule has 0 aromatic carbocycles. The topological polar surface area (TPSA) is 309 Å². The average molecular weight is 618 g/mol. The van der Waals surface area contributed by atoms with Gasteiger partial charge in [0.25, 0.3) is 0 Å². The van der Waals surface area contributed by atoms with Crippen molar-refractivity contribution in [2.75, 3.05) is 18.8 Å². The standard InChI is InChI=1S/C24H47N11O6S/c1-12(2)10-14(25)19(37)33-16(7-5-9-31-24(28)29)21(39)34-15(6-4-8-30-23(26)27)20(38)32-13(3)18(36)35-17(11-42)22(40)41/h12-17,42H,4-11,25H2,1-3H3,(H,32,38)(H,33,37)(H,34,39)(H,35,36)(H,40,41)(H4,26,27,30)(H4,28,29,31)/t13-,14-,15-,16-,17-/m0/s1. The minimum absolute atomic E-state index is 0.0681. The van der Waals surface area contributed by atoms with Crippen LogP contribution < -0.4 is 49.9 Å². The highest BCUT2D eigenvalue weighted by molar-refractivity contribution is 7.80. The van der Waals surface area contributed by atoms with Crippen LogP contribution in [-0.2, 0) is 24.0 Å². The number of aliphatic carboxylic acids is 1. The van der Waals surface area contributed by atoms with Gasteiger partial charge in [0.15, 0.2) is 11.9 Å². The van der Waals surface area contributed by atoms with Gasteiger partial charge in [0.2, 0.25) is 23.6 Å². The Morgan fingerprint density at radius 2 is 1.14 bits per heavy atom. The van der Waals surface area contributed by atoms with Crippen LogP contribution in [0.3, 0.4) is 0 Å². The highest BCUT2D eigenvalue weighted by Gasteiger charge is 2.30. The lowest BCUT2D eigenvalue weighted by Gasteiger charge is -2.25. The zero-order valence-electron chi connectivity index (χ0n) is 24.3. The van der Waals surface area contributed by atoms with Gasteiger partial charge in [-0.15, -0.1) is 0 Å². The fourth-order valence-electron chi connectivity index (χ4n) is 3.57. The number of thiol groups is 1. The molecule has 0 bridgehead atoms. The summed E-state index contributed by atoms with van der Waals surface area (Å²) in [5.41, 5.74) is 27.4. The molecule has 0 aliphatic rings. The van der Waals surface area contributed by atoms with E-state index >= 15 is 0 Å². The Labute approximate surface area is 251 Å². The average Bonchev–Trinajstić information content (AvgIpc) is 2.89. The SMILES string of the molecule is CC(C)C[C@H](N)C(=O)N[C@@H](CCCN=C(N)N)C(=O)N[C@@H](CCCN=C(N)N)C(=O)N[C@@H](C)C(=O)N[C@@H](CS)C(=O)O. The molecule has 0 saturated carbocycles. The molecule has 0 rings (SSSR count). The molecule has 0 saturated heterocycles. The molecule has 240 valence electrons. The molecule has 42 heavy (non-hydrogen) atoms. The Morgan fingerprint density at radius 1 is 0.714 bits per heavy atom. The van der Waals surface area contributed by atoms with Gasteiger partial charge in [-0.05, 0) is 44.9 Å². The molecule has 17 nitrogen and oxygen atoms in total. The molecule has 4 amide bonds. The number of nitrogens with one attached hydrogen (secondary N) is 4. The van der Waals surface area contributed by atoms with Crippen LogP contribution in [0.1, 0.15) is 52.9 Å². The number of guanidine groups is 2. The molecule has 0 heterocycles. The van der Waals surface area contributed by atoms with Gasteiger partial charge in [-0.1, -0.05) is 13.8 Å². The zero-order chi connectivity index (χ0) is 32.4. The third-order valence-electron chi connectivity index (χ3n) is 5.77. The summed E-state index contributed by atoms with van der Waals surface area (Å²) in [5, 5.41) is 19.1. The van der Waals surface area contributed by atoms with Crippen LogP contribution in [-0.4, -0.2) is 95.7 Å². The van der Waals surface area contributed by atoms with Crippen molar-refractivity contribution in [2.45, 2.75) is 83.1 Å². The third kappa shape index (κ3) is 16.5. The summed E-state index contributed by atoms with van der Waals surface area (Å²) in [6.07, 6.45) is 1.19. The van der Waals surface area contributed by atoms with Crippen molar-refractivity contribution in [3.63, 3.8) is 0 Å². The number of hydrogen-bond donors (Lipinski definition) is 11. The van der Waals surface area contributed by atoms with Crippen molar-refractivity contribution >= 4 is 54.1 Å². The number of amides is 4. The predicted molar refractivity (Wildman–Crippen MR) is 162 cm³/mol. The van der Waals surface area contributed by atoms with Gasteiger partial charge < -0.3 is 55.0 Å². The van der Waals surface area contributed by atoms with E-state index in [4.69, 9.17) is 33.8 Å². The van der Waals surface area contributed by atoms with Crippen molar-refractivity contribution in [1.29, 1.82) is 0 Å². The van der Waals surface area contributed by atoms with E-state index in [-0.39, 0.29) is 55.9 Å². The molecule has 0 spiro atoms. The first kappa shape index (κ1) is 38.2. The Bertz CT molecular complexity index is 971. The lowest BCUT2D eigenvalue weighted by atomic mass is 10.0. The molecule has 0 aliphatic heterocycles. The van der Waals surface area contributed by atoms with E-state index in [0.29, 0.717) is 12.8 Å². The Morgan fingerprint density at radius 3 is 1.55 bits per heavy atom. The first-order valence-corrected chi connectivity index (χ1v) is 14.1. The van der Waals surface area contributed by atoms with Crippen LogP contribution in [0.4, 0.5) is 0 Å². The van der Waals surface area contributed by atoms with Crippen molar-refractivity contribution < 1.29 is 29.1 Å². The Kier molecular flexibility index (Phi) is 18.3. The second-order valence-electron chi connectivity index (χ2n) is 10.1. The van der Waals surface area contributed by atoms with Gasteiger partial charge in [0, 0.05) is 18.8 Å².